The molecule has 3 heteroatoms. The molecule has 1 aliphatic rings. The van der Waals surface area contributed by atoms with Crippen LogP contribution in [0, 0.1) is 11.8 Å². The third kappa shape index (κ3) is 7.08. The summed E-state index contributed by atoms with van der Waals surface area (Å²) in [5, 5.41) is 0. The Morgan fingerprint density at radius 1 is 0.931 bits per heavy atom. The SMILES string of the molecule is O=C(/C=C/c1cccnc1)CCCCCC1CCC(C(=O)c2ccccc2)CC1. The molecule has 0 saturated heterocycles. The highest BCUT2D eigenvalue weighted by Crippen LogP contribution is 2.33. The van der Waals surface area contributed by atoms with Crippen molar-refractivity contribution in [3.05, 3.63) is 72.1 Å². The lowest BCUT2D eigenvalue weighted by atomic mass is 9.77. The minimum atomic E-state index is 0.189. The van der Waals surface area contributed by atoms with E-state index in [0.29, 0.717) is 12.2 Å². The number of nitrogens with zero attached hydrogens (tertiary/aromatic N) is 1. The van der Waals surface area contributed by atoms with E-state index < -0.39 is 0 Å². The molecule has 0 bridgehead atoms. The number of rotatable bonds is 10. The summed E-state index contributed by atoms with van der Waals surface area (Å²) < 4.78 is 0. The lowest BCUT2D eigenvalue weighted by Crippen LogP contribution is -2.22. The number of hydrogen-bond donors (Lipinski definition) is 0. The van der Waals surface area contributed by atoms with Crippen LogP contribution in [0.3, 0.4) is 0 Å². The van der Waals surface area contributed by atoms with Gasteiger partial charge in [0.05, 0.1) is 0 Å². The first-order chi connectivity index (χ1) is 14.2. The number of pyridine rings is 1. The second kappa shape index (κ2) is 11.5. The van der Waals surface area contributed by atoms with E-state index >= 15 is 0 Å². The minimum absolute atomic E-state index is 0.189. The van der Waals surface area contributed by atoms with Crippen LogP contribution in [0.25, 0.3) is 6.08 Å². The number of carbonyl (C=O) groups is 2. The van der Waals surface area contributed by atoms with Gasteiger partial charge in [-0.1, -0.05) is 55.7 Å². The highest BCUT2D eigenvalue weighted by Gasteiger charge is 2.26. The Bertz CT molecular complexity index is 790. The van der Waals surface area contributed by atoms with Crippen molar-refractivity contribution in [2.75, 3.05) is 0 Å². The molecule has 0 spiro atoms. The van der Waals surface area contributed by atoms with Crippen LogP contribution in [0.15, 0.2) is 60.9 Å². The molecule has 29 heavy (non-hydrogen) atoms. The van der Waals surface area contributed by atoms with Gasteiger partial charge >= 0.3 is 0 Å². The number of ketones is 2. The van der Waals surface area contributed by atoms with Gasteiger partial charge in [-0.3, -0.25) is 14.6 Å². The Balaban J connectivity index is 1.27. The zero-order valence-electron chi connectivity index (χ0n) is 17.1. The molecule has 1 aromatic carbocycles. The van der Waals surface area contributed by atoms with Gasteiger partial charge < -0.3 is 0 Å². The monoisotopic (exact) mass is 389 g/mol. The summed E-state index contributed by atoms with van der Waals surface area (Å²) in [5.74, 6) is 1.46. The third-order valence-corrected chi connectivity index (χ3v) is 5.96. The first-order valence-electron chi connectivity index (χ1n) is 10.9. The van der Waals surface area contributed by atoms with Gasteiger partial charge in [-0.05, 0) is 61.8 Å². The molecule has 152 valence electrons. The van der Waals surface area contributed by atoms with E-state index in [1.165, 1.54) is 12.8 Å². The summed E-state index contributed by atoms with van der Waals surface area (Å²) >= 11 is 0. The maximum Gasteiger partial charge on any atom is 0.165 e. The van der Waals surface area contributed by atoms with Crippen LogP contribution in [-0.2, 0) is 4.79 Å². The van der Waals surface area contributed by atoms with Crippen LogP contribution >= 0.6 is 0 Å². The molecule has 1 saturated carbocycles. The van der Waals surface area contributed by atoms with Crippen molar-refractivity contribution < 1.29 is 9.59 Å². The average Bonchev–Trinajstić information content (AvgIpc) is 2.79. The second-order valence-corrected chi connectivity index (χ2v) is 8.13. The van der Waals surface area contributed by atoms with E-state index in [-0.39, 0.29) is 11.7 Å². The van der Waals surface area contributed by atoms with E-state index in [1.807, 2.05) is 48.5 Å². The van der Waals surface area contributed by atoms with Crippen molar-refractivity contribution in [3.8, 4) is 0 Å². The standard InChI is InChI=1S/C26H31NO2/c28-25(18-15-22-9-7-19-27-20-22)12-6-1-3-8-21-13-16-24(17-14-21)26(29)23-10-4-2-5-11-23/h2,4-5,7,9-11,15,18-21,24H,1,3,6,8,12-14,16-17H2/b18-15+. The molecule has 0 atom stereocenters. The first kappa shape index (κ1) is 21.2. The molecule has 0 unspecified atom stereocenters. The van der Waals surface area contributed by atoms with Crippen molar-refractivity contribution in [1.29, 1.82) is 0 Å². The van der Waals surface area contributed by atoms with Gasteiger partial charge in [0.1, 0.15) is 0 Å². The molecule has 1 heterocycles. The Morgan fingerprint density at radius 2 is 1.72 bits per heavy atom. The Morgan fingerprint density at radius 3 is 2.45 bits per heavy atom. The topological polar surface area (TPSA) is 47.0 Å². The fourth-order valence-electron chi connectivity index (χ4n) is 4.21. The summed E-state index contributed by atoms with van der Waals surface area (Å²) in [6.07, 6.45) is 16.5. The van der Waals surface area contributed by atoms with E-state index in [2.05, 4.69) is 4.98 Å². The minimum Gasteiger partial charge on any atom is -0.295 e. The Labute approximate surface area is 174 Å². The lowest BCUT2D eigenvalue weighted by molar-refractivity contribution is -0.114. The molecule has 0 aliphatic heterocycles. The maximum atomic E-state index is 12.6. The summed E-state index contributed by atoms with van der Waals surface area (Å²) in [5.41, 5.74) is 1.82. The normalized spacial score (nSPS) is 19.3. The third-order valence-electron chi connectivity index (χ3n) is 5.96. The van der Waals surface area contributed by atoms with Crippen molar-refractivity contribution in [1.82, 2.24) is 4.98 Å². The number of hydrogen-bond acceptors (Lipinski definition) is 3. The number of benzene rings is 1. The molecule has 0 N–H and O–H groups in total. The predicted molar refractivity (Wildman–Crippen MR) is 118 cm³/mol. The molecule has 3 rings (SSSR count). The van der Waals surface area contributed by atoms with Crippen LogP contribution in [0.2, 0.25) is 0 Å². The highest BCUT2D eigenvalue weighted by atomic mass is 16.1. The molecule has 0 amide bonds. The average molecular weight is 390 g/mol. The number of unbranched alkanes of at least 4 members (excludes halogenated alkanes) is 2. The summed E-state index contributed by atoms with van der Waals surface area (Å²) in [6, 6.07) is 13.5. The largest absolute Gasteiger partial charge is 0.295 e. The zero-order valence-corrected chi connectivity index (χ0v) is 17.1. The first-order valence-corrected chi connectivity index (χ1v) is 10.9. The second-order valence-electron chi connectivity index (χ2n) is 8.13. The van der Waals surface area contributed by atoms with Crippen molar-refractivity contribution in [3.63, 3.8) is 0 Å². The number of carbonyl (C=O) groups excluding carboxylic acids is 2. The van der Waals surface area contributed by atoms with Gasteiger partial charge in [0.25, 0.3) is 0 Å². The van der Waals surface area contributed by atoms with Crippen molar-refractivity contribution in [2.24, 2.45) is 11.8 Å². The van der Waals surface area contributed by atoms with Crippen molar-refractivity contribution in [2.45, 2.75) is 57.8 Å². The molecule has 3 nitrogen and oxygen atoms in total. The fraction of sp³-hybridized carbons (Fsp3) is 0.423. The number of Topliss-reactive ketones (excluding diaryl/α,β-unsaturated/α-hetero) is 1. The molecule has 1 fully saturated rings. The molecule has 1 aliphatic carbocycles. The molecule has 1 aromatic heterocycles. The maximum absolute atomic E-state index is 12.6. The number of aromatic nitrogens is 1. The smallest absolute Gasteiger partial charge is 0.165 e. The van der Waals surface area contributed by atoms with Crippen LogP contribution in [0.4, 0.5) is 0 Å². The Kier molecular flexibility index (Phi) is 8.36. The molecular formula is C26H31NO2. The van der Waals surface area contributed by atoms with E-state index in [1.54, 1.807) is 18.5 Å². The zero-order chi connectivity index (χ0) is 20.3. The van der Waals surface area contributed by atoms with Crippen LogP contribution in [0.5, 0.6) is 0 Å². The van der Waals surface area contributed by atoms with Crippen molar-refractivity contribution >= 4 is 17.6 Å². The van der Waals surface area contributed by atoms with Gasteiger partial charge in [-0.15, -0.1) is 0 Å². The van der Waals surface area contributed by atoms with Crippen LogP contribution in [0.1, 0.15) is 73.7 Å². The van der Waals surface area contributed by atoms with Gasteiger partial charge in [0, 0.05) is 30.3 Å². The summed E-state index contributed by atoms with van der Waals surface area (Å²) in [4.78, 5) is 28.6. The van der Waals surface area contributed by atoms with Gasteiger partial charge in [-0.25, -0.2) is 0 Å². The van der Waals surface area contributed by atoms with Crippen LogP contribution in [-0.4, -0.2) is 16.6 Å². The number of allylic oxidation sites excluding steroid dienone is 1. The van der Waals surface area contributed by atoms with E-state index in [9.17, 15) is 9.59 Å². The molecule has 2 aromatic rings. The van der Waals surface area contributed by atoms with E-state index in [4.69, 9.17) is 0 Å². The fourth-order valence-corrected chi connectivity index (χ4v) is 4.21. The summed E-state index contributed by atoms with van der Waals surface area (Å²) in [7, 11) is 0. The Hall–Kier alpha value is -2.55. The van der Waals surface area contributed by atoms with Gasteiger partial charge in [0.15, 0.2) is 11.6 Å². The highest BCUT2D eigenvalue weighted by molar-refractivity contribution is 5.97. The summed E-state index contributed by atoms with van der Waals surface area (Å²) in [6.45, 7) is 0. The lowest BCUT2D eigenvalue weighted by Gasteiger charge is -2.27. The van der Waals surface area contributed by atoms with Gasteiger partial charge in [-0.2, -0.15) is 0 Å². The van der Waals surface area contributed by atoms with Gasteiger partial charge in [0.2, 0.25) is 0 Å². The quantitative estimate of drug-likeness (QED) is 0.272. The van der Waals surface area contributed by atoms with E-state index in [0.717, 1.165) is 55.6 Å². The predicted octanol–water partition coefficient (Wildman–Crippen LogP) is 6.30. The van der Waals surface area contributed by atoms with Crippen LogP contribution < -0.4 is 0 Å². The molecular weight excluding hydrogens is 358 g/mol. The molecule has 0 radical (unpaired) electrons.